The second kappa shape index (κ2) is 6.76. The first-order chi connectivity index (χ1) is 10.1. The third-order valence-electron chi connectivity index (χ3n) is 2.74. The van der Waals surface area contributed by atoms with Crippen LogP contribution in [-0.2, 0) is 11.2 Å². The topological polar surface area (TPSA) is 78.4 Å². The number of hydrazine groups is 1. The van der Waals surface area contributed by atoms with E-state index in [1.165, 1.54) is 12.1 Å². The summed E-state index contributed by atoms with van der Waals surface area (Å²) in [4.78, 5) is 23.5. The van der Waals surface area contributed by atoms with E-state index in [2.05, 4.69) is 10.9 Å². The van der Waals surface area contributed by atoms with Crippen molar-refractivity contribution in [2.24, 2.45) is 0 Å². The summed E-state index contributed by atoms with van der Waals surface area (Å²) in [7, 11) is 0. The van der Waals surface area contributed by atoms with Crippen LogP contribution in [0.3, 0.4) is 0 Å². The first-order valence-electron chi connectivity index (χ1n) is 6.18. The summed E-state index contributed by atoms with van der Waals surface area (Å²) in [6.45, 7) is 0. The van der Waals surface area contributed by atoms with E-state index in [1.54, 1.807) is 36.4 Å². The molecule has 0 unspecified atom stereocenters. The molecule has 0 fully saturated rings. The Morgan fingerprint density at radius 2 is 1.67 bits per heavy atom. The number of phenols is 1. The van der Waals surface area contributed by atoms with Crippen LogP contribution in [0.5, 0.6) is 5.75 Å². The number of amides is 2. The summed E-state index contributed by atoms with van der Waals surface area (Å²) in [6.07, 6.45) is 0.109. The molecule has 0 spiro atoms. The van der Waals surface area contributed by atoms with Crippen molar-refractivity contribution in [3.63, 3.8) is 0 Å². The van der Waals surface area contributed by atoms with Gasteiger partial charge in [-0.2, -0.15) is 0 Å². The number of para-hydroxylation sites is 1. The molecule has 0 saturated heterocycles. The summed E-state index contributed by atoms with van der Waals surface area (Å²) in [5, 5.41) is 10.1. The highest BCUT2D eigenvalue weighted by atomic mass is 35.5. The molecule has 0 saturated carbocycles. The monoisotopic (exact) mass is 304 g/mol. The van der Waals surface area contributed by atoms with Crippen molar-refractivity contribution in [2.45, 2.75) is 6.42 Å². The maximum Gasteiger partial charge on any atom is 0.273 e. The molecule has 0 heterocycles. The molecular weight excluding hydrogens is 292 g/mol. The van der Waals surface area contributed by atoms with Crippen LogP contribution < -0.4 is 10.9 Å². The normalized spacial score (nSPS) is 9.95. The number of nitrogens with one attached hydrogen (secondary N) is 2. The number of hydrogen-bond acceptors (Lipinski definition) is 3. The molecule has 6 heteroatoms. The number of hydrogen-bond donors (Lipinski definition) is 3. The number of aromatic hydroxyl groups is 1. The number of carbonyl (C=O) groups excluding carboxylic acids is 2. The van der Waals surface area contributed by atoms with Gasteiger partial charge in [-0.05, 0) is 29.8 Å². The van der Waals surface area contributed by atoms with E-state index < -0.39 is 5.91 Å². The van der Waals surface area contributed by atoms with Gasteiger partial charge in [0, 0.05) is 5.02 Å². The van der Waals surface area contributed by atoms with Gasteiger partial charge < -0.3 is 5.11 Å². The minimum absolute atomic E-state index is 0.0873. The van der Waals surface area contributed by atoms with E-state index in [4.69, 9.17) is 11.6 Å². The highest BCUT2D eigenvalue weighted by Gasteiger charge is 2.11. The second-order valence-electron chi connectivity index (χ2n) is 4.32. The van der Waals surface area contributed by atoms with E-state index in [-0.39, 0.29) is 23.6 Å². The Balaban J connectivity index is 1.88. The Bertz CT molecular complexity index is 656. The van der Waals surface area contributed by atoms with Crippen molar-refractivity contribution in [1.82, 2.24) is 10.9 Å². The summed E-state index contributed by atoms with van der Waals surface area (Å²) in [5.74, 6) is -1.11. The van der Waals surface area contributed by atoms with E-state index >= 15 is 0 Å². The third kappa shape index (κ3) is 4.22. The van der Waals surface area contributed by atoms with Crippen LogP contribution in [0, 0.1) is 0 Å². The number of phenolic OH excluding ortho intramolecular Hbond substituents is 1. The highest BCUT2D eigenvalue weighted by molar-refractivity contribution is 6.30. The zero-order valence-electron chi connectivity index (χ0n) is 11.0. The highest BCUT2D eigenvalue weighted by Crippen LogP contribution is 2.14. The average Bonchev–Trinajstić information content (AvgIpc) is 2.48. The molecule has 0 aliphatic carbocycles. The lowest BCUT2D eigenvalue weighted by molar-refractivity contribution is -0.121. The fraction of sp³-hybridized carbons (Fsp3) is 0.0667. The van der Waals surface area contributed by atoms with Crippen molar-refractivity contribution >= 4 is 23.4 Å². The Morgan fingerprint density at radius 3 is 2.33 bits per heavy atom. The van der Waals surface area contributed by atoms with Crippen molar-refractivity contribution in [3.05, 3.63) is 64.7 Å². The second-order valence-corrected chi connectivity index (χ2v) is 4.76. The Kier molecular flexibility index (Phi) is 4.79. The van der Waals surface area contributed by atoms with Crippen LogP contribution in [0.2, 0.25) is 5.02 Å². The summed E-state index contributed by atoms with van der Waals surface area (Å²) in [6, 6.07) is 12.9. The fourth-order valence-corrected chi connectivity index (χ4v) is 1.82. The van der Waals surface area contributed by atoms with Crippen LogP contribution in [0.15, 0.2) is 48.5 Å². The van der Waals surface area contributed by atoms with E-state index in [0.717, 1.165) is 5.56 Å². The zero-order chi connectivity index (χ0) is 15.2. The Hall–Kier alpha value is -2.53. The first kappa shape index (κ1) is 14.9. The smallest absolute Gasteiger partial charge is 0.273 e. The maximum atomic E-state index is 11.8. The first-order valence-corrected chi connectivity index (χ1v) is 6.55. The van der Waals surface area contributed by atoms with Crippen molar-refractivity contribution in [1.29, 1.82) is 0 Å². The minimum Gasteiger partial charge on any atom is -0.507 e. The lowest BCUT2D eigenvalue weighted by Crippen LogP contribution is -2.42. The van der Waals surface area contributed by atoms with Crippen LogP contribution in [0.25, 0.3) is 0 Å². The van der Waals surface area contributed by atoms with Crippen molar-refractivity contribution in [2.75, 3.05) is 0 Å². The molecule has 0 atom stereocenters. The molecule has 2 aromatic carbocycles. The predicted octanol–water partition coefficient (Wildman–Crippen LogP) is 2.05. The predicted molar refractivity (Wildman–Crippen MR) is 78.9 cm³/mol. The van der Waals surface area contributed by atoms with Gasteiger partial charge in [0.15, 0.2) is 0 Å². The number of carbonyl (C=O) groups is 2. The quantitative estimate of drug-likeness (QED) is 0.759. The van der Waals surface area contributed by atoms with Crippen molar-refractivity contribution < 1.29 is 14.7 Å². The van der Waals surface area contributed by atoms with Gasteiger partial charge in [0.2, 0.25) is 5.91 Å². The summed E-state index contributed by atoms with van der Waals surface area (Å²) < 4.78 is 0. The molecule has 0 aliphatic heterocycles. The lowest BCUT2D eigenvalue weighted by atomic mass is 10.1. The van der Waals surface area contributed by atoms with Gasteiger partial charge in [0.05, 0.1) is 12.0 Å². The fourth-order valence-electron chi connectivity index (χ4n) is 1.69. The summed E-state index contributed by atoms with van der Waals surface area (Å²) in [5.41, 5.74) is 5.39. The molecule has 0 aromatic heterocycles. The minimum atomic E-state index is -0.586. The molecule has 21 heavy (non-hydrogen) atoms. The zero-order valence-corrected chi connectivity index (χ0v) is 11.7. The molecule has 0 radical (unpaired) electrons. The Labute approximate surface area is 126 Å². The van der Waals surface area contributed by atoms with Crippen LogP contribution in [-0.4, -0.2) is 16.9 Å². The average molecular weight is 305 g/mol. The molecular formula is C15H13ClN2O3. The maximum absolute atomic E-state index is 11.8. The van der Waals surface area contributed by atoms with Gasteiger partial charge in [0.1, 0.15) is 5.75 Å². The Morgan fingerprint density at radius 1 is 1.00 bits per heavy atom. The molecule has 5 nitrogen and oxygen atoms in total. The molecule has 3 N–H and O–H groups in total. The van der Waals surface area contributed by atoms with Crippen molar-refractivity contribution in [3.8, 4) is 5.75 Å². The van der Waals surface area contributed by atoms with Gasteiger partial charge in [-0.3, -0.25) is 20.4 Å². The molecule has 0 aliphatic rings. The molecule has 108 valence electrons. The molecule has 2 aromatic rings. The number of rotatable bonds is 3. The number of halogens is 1. The van der Waals surface area contributed by atoms with E-state index in [9.17, 15) is 14.7 Å². The van der Waals surface area contributed by atoms with Crippen LogP contribution in [0.4, 0.5) is 0 Å². The largest absolute Gasteiger partial charge is 0.507 e. The molecule has 0 bridgehead atoms. The summed E-state index contributed by atoms with van der Waals surface area (Å²) >= 11 is 5.75. The lowest BCUT2D eigenvalue weighted by Gasteiger charge is -2.08. The standard InChI is InChI=1S/C15H13ClN2O3/c16-11-7-5-10(6-8-11)9-14(20)17-18-15(21)12-3-1-2-4-13(12)19/h1-8,19H,9H2,(H,17,20)(H,18,21). The number of benzene rings is 2. The van der Waals surface area contributed by atoms with E-state index in [0.29, 0.717) is 5.02 Å². The van der Waals surface area contributed by atoms with Crippen LogP contribution >= 0.6 is 11.6 Å². The van der Waals surface area contributed by atoms with E-state index in [1.807, 2.05) is 0 Å². The third-order valence-corrected chi connectivity index (χ3v) is 2.99. The van der Waals surface area contributed by atoms with Crippen LogP contribution in [0.1, 0.15) is 15.9 Å². The molecule has 2 rings (SSSR count). The van der Waals surface area contributed by atoms with Gasteiger partial charge in [0.25, 0.3) is 5.91 Å². The van der Waals surface area contributed by atoms with Gasteiger partial charge in [-0.25, -0.2) is 0 Å². The molecule has 2 amide bonds. The van der Waals surface area contributed by atoms with Gasteiger partial charge in [-0.15, -0.1) is 0 Å². The van der Waals surface area contributed by atoms with Gasteiger partial charge in [-0.1, -0.05) is 35.9 Å². The van der Waals surface area contributed by atoms with Gasteiger partial charge >= 0.3 is 0 Å². The SMILES string of the molecule is O=C(Cc1ccc(Cl)cc1)NNC(=O)c1ccccc1O.